The largest absolute Gasteiger partial charge is 0.364 e. The van der Waals surface area contributed by atoms with E-state index in [0.717, 1.165) is 54.9 Å². The highest BCUT2D eigenvalue weighted by atomic mass is 19.2. The SMILES string of the molecule is Cc1cc(-c2cncc(CN3CCC(N(Cc4ccnc(-c5cc(C)c(C)c(C)c5)c4)c4ccc(F)c(F)c4)CC3)c2)cc(C)c1C. The molecule has 47 heavy (non-hydrogen) atoms. The van der Waals surface area contributed by atoms with E-state index >= 15 is 0 Å². The molecule has 5 aromatic rings. The van der Waals surface area contributed by atoms with Gasteiger partial charge in [-0.15, -0.1) is 0 Å². The topological polar surface area (TPSA) is 32.3 Å². The quantitative estimate of drug-likeness (QED) is 0.171. The van der Waals surface area contributed by atoms with Crippen LogP contribution in [0.25, 0.3) is 22.4 Å². The number of benzene rings is 3. The van der Waals surface area contributed by atoms with Crippen molar-refractivity contribution in [2.45, 2.75) is 73.5 Å². The molecule has 1 saturated heterocycles. The normalized spacial score (nSPS) is 14.0. The van der Waals surface area contributed by atoms with Gasteiger partial charge in [0.1, 0.15) is 0 Å². The van der Waals surface area contributed by atoms with Gasteiger partial charge in [-0.2, -0.15) is 0 Å². The molecule has 0 saturated carbocycles. The summed E-state index contributed by atoms with van der Waals surface area (Å²) >= 11 is 0. The highest BCUT2D eigenvalue weighted by molar-refractivity contribution is 5.66. The van der Waals surface area contributed by atoms with Crippen LogP contribution in [0.4, 0.5) is 14.5 Å². The van der Waals surface area contributed by atoms with Crippen LogP contribution in [0.15, 0.2) is 79.3 Å². The number of likely N-dealkylation sites (tertiary alicyclic amines) is 1. The van der Waals surface area contributed by atoms with Gasteiger partial charge < -0.3 is 4.90 Å². The molecule has 3 heterocycles. The van der Waals surface area contributed by atoms with E-state index in [1.165, 1.54) is 56.6 Å². The number of halogens is 2. The molecule has 242 valence electrons. The second kappa shape index (κ2) is 13.7. The van der Waals surface area contributed by atoms with Crippen molar-refractivity contribution in [2.75, 3.05) is 18.0 Å². The molecule has 0 radical (unpaired) electrons. The Labute approximate surface area is 278 Å². The average molecular weight is 631 g/mol. The molecule has 1 fully saturated rings. The summed E-state index contributed by atoms with van der Waals surface area (Å²) in [6, 6.07) is 19.7. The molecule has 0 unspecified atom stereocenters. The van der Waals surface area contributed by atoms with Crippen molar-refractivity contribution in [3.8, 4) is 22.4 Å². The van der Waals surface area contributed by atoms with Gasteiger partial charge in [0.15, 0.2) is 11.6 Å². The minimum absolute atomic E-state index is 0.180. The first-order chi connectivity index (χ1) is 22.5. The first-order valence-corrected chi connectivity index (χ1v) is 16.5. The molecule has 0 bridgehead atoms. The maximum absolute atomic E-state index is 14.5. The van der Waals surface area contributed by atoms with Gasteiger partial charge in [0.05, 0.1) is 5.69 Å². The molecule has 0 aliphatic carbocycles. The lowest BCUT2D eigenvalue weighted by molar-refractivity contribution is 0.200. The number of pyridine rings is 2. The highest BCUT2D eigenvalue weighted by Gasteiger charge is 2.26. The zero-order valence-corrected chi connectivity index (χ0v) is 28.4. The Morgan fingerprint density at radius 2 is 1.32 bits per heavy atom. The Morgan fingerprint density at radius 3 is 1.96 bits per heavy atom. The van der Waals surface area contributed by atoms with Crippen LogP contribution < -0.4 is 4.90 Å². The summed E-state index contributed by atoms with van der Waals surface area (Å²) in [4.78, 5) is 14.0. The number of rotatable bonds is 8. The Morgan fingerprint density at radius 1 is 0.681 bits per heavy atom. The second-order valence-corrected chi connectivity index (χ2v) is 13.3. The van der Waals surface area contributed by atoms with Gasteiger partial charge in [-0.1, -0.05) is 12.1 Å². The average Bonchev–Trinajstić information content (AvgIpc) is 3.06. The van der Waals surface area contributed by atoms with Crippen LogP contribution in [0.3, 0.4) is 0 Å². The third kappa shape index (κ3) is 7.28. The Balaban J connectivity index is 1.19. The molecule has 1 aliphatic rings. The summed E-state index contributed by atoms with van der Waals surface area (Å²) in [6.45, 7) is 16.1. The molecule has 1 aliphatic heterocycles. The van der Waals surface area contributed by atoms with Crippen molar-refractivity contribution >= 4 is 5.69 Å². The fourth-order valence-electron chi connectivity index (χ4n) is 6.79. The van der Waals surface area contributed by atoms with Crippen LogP contribution in [0.2, 0.25) is 0 Å². The molecule has 0 spiro atoms. The Kier molecular flexibility index (Phi) is 9.51. The number of hydrogen-bond donors (Lipinski definition) is 0. The summed E-state index contributed by atoms with van der Waals surface area (Å²) in [5, 5.41) is 0. The van der Waals surface area contributed by atoms with E-state index in [9.17, 15) is 8.78 Å². The second-order valence-electron chi connectivity index (χ2n) is 13.3. The number of anilines is 1. The lowest BCUT2D eigenvalue weighted by atomic mass is 9.96. The minimum atomic E-state index is -0.827. The van der Waals surface area contributed by atoms with Gasteiger partial charge in [-0.25, -0.2) is 8.78 Å². The zero-order chi connectivity index (χ0) is 33.2. The predicted octanol–water partition coefficient (Wildman–Crippen LogP) is 9.61. The van der Waals surface area contributed by atoms with Crippen molar-refractivity contribution in [2.24, 2.45) is 0 Å². The maximum atomic E-state index is 14.5. The highest BCUT2D eigenvalue weighted by Crippen LogP contribution is 2.31. The van der Waals surface area contributed by atoms with E-state index in [1.807, 2.05) is 24.7 Å². The van der Waals surface area contributed by atoms with Crippen LogP contribution in [0, 0.1) is 53.2 Å². The third-order valence-electron chi connectivity index (χ3n) is 10.1. The molecule has 6 rings (SSSR count). The first-order valence-electron chi connectivity index (χ1n) is 16.5. The van der Waals surface area contributed by atoms with E-state index in [1.54, 1.807) is 6.07 Å². The van der Waals surface area contributed by atoms with E-state index in [4.69, 9.17) is 0 Å². The number of aryl methyl sites for hydroxylation is 4. The fraction of sp³-hybridized carbons (Fsp3) is 0.317. The summed E-state index contributed by atoms with van der Waals surface area (Å²) in [7, 11) is 0. The van der Waals surface area contributed by atoms with Gasteiger partial charge in [0.25, 0.3) is 0 Å². The standard InChI is InChI=1S/C41H44F2N4/c1-26-15-34(16-27(2)30(26)5)36-19-33(22-44-23-36)24-46-13-10-37(11-14-46)47(38-7-8-39(42)40(43)21-38)25-32-9-12-45-41(20-32)35-17-28(3)31(6)29(4)18-35/h7-9,12,15-23,37H,10-11,13-14,24-25H2,1-6H3. The van der Waals surface area contributed by atoms with Crippen LogP contribution in [0.5, 0.6) is 0 Å². The van der Waals surface area contributed by atoms with Crippen molar-refractivity contribution < 1.29 is 8.78 Å². The van der Waals surface area contributed by atoms with Gasteiger partial charge >= 0.3 is 0 Å². The van der Waals surface area contributed by atoms with Crippen molar-refractivity contribution in [3.63, 3.8) is 0 Å². The molecule has 4 nitrogen and oxygen atoms in total. The summed E-state index contributed by atoms with van der Waals surface area (Å²) < 4.78 is 28.5. The number of nitrogens with zero attached hydrogens (tertiary/aromatic N) is 4. The summed E-state index contributed by atoms with van der Waals surface area (Å²) in [6.07, 6.45) is 7.59. The first kappa shape index (κ1) is 32.5. The van der Waals surface area contributed by atoms with E-state index in [0.29, 0.717) is 12.2 Å². The summed E-state index contributed by atoms with van der Waals surface area (Å²) in [5.41, 5.74) is 15.0. The molecule has 3 aromatic carbocycles. The number of hydrogen-bond acceptors (Lipinski definition) is 4. The van der Waals surface area contributed by atoms with Crippen molar-refractivity contribution in [3.05, 3.63) is 135 Å². The van der Waals surface area contributed by atoms with Gasteiger partial charge in [0, 0.05) is 73.7 Å². The third-order valence-corrected chi connectivity index (χ3v) is 10.1. The Hall–Kier alpha value is -4.42. The molecule has 6 heteroatoms. The number of piperidine rings is 1. The van der Waals surface area contributed by atoms with E-state index in [-0.39, 0.29) is 6.04 Å². The van der Waals surface area contributed by atoms with Crippen LogP contribution in [-0.2, 0) is 13.1 Å². The van der Waals surface area contributed by atoms with Crippen LogP contribution in [0.1, 0.15) is 57.3 Å². The van der Waals surface area contributed by atoms with E-state index in [2.05, 4.69) is 97.7 Å². The van der Waals surface area contributed by atoms with Crippen molar-refractivity contribution in [1.82, 2.24) is 14.9 Å². The van der Waals surface area contributed by atoms with E-state index < -0.39 is 11.6 Å². The minimum Gasteiger partial charge on any atom is -0.364 e. The lowest BCUT2D eigenvalue weighted by Crippen LogP contribution is -2.44. The Bertz CT molecular complexity index is 1860. The molecule has 0 atom stereocenters. The zero-order valence-electron chi connectivity index (χ0n) is 28.4. The van der Waals surface area contributed by atoms with Gasteiger partial charge in [-0.05, 0) is 147 Å². The maximum Gasteiger partial charge on any atom is 0.160 e. The van der Waals surface area contributed by atoms with Gasteiger partial charge in [-0.3, -0.25) is 14.9 Å². The lowest BCUT2D eigenvalue weighted by Gasteiger charge is -2.40. The molecule has 2 aromatic heterocycles. The van der Waals surface area contributed by atoms with Crippen LogP contribution >= 0.6 is 0 Å². The van der Waals surface area contributed by atoms with Crippen LogP contribution in [-0.4, -0.2) is 34.0 Å². The smallest absolute Gasteiger partial charge is 0.160 e. The molecule has 0 amide bonds. The van der Waals surface area contributed by atoms with Crippen molar-refractivity contribution in [1.29, 1.82) is 0 Å². The number of aromatic nitrogens is 2. The molecule has 0 N–H and O–H groups in total. The molecular weight excluding hydrogens is 586 g/mol. The predicted molar refractivity (Wildman–Crippen MR) is 189 cm³/mol. The fourth-order valence-corrected chi connectivity index (χ4v) is 6.79. The molecular formula is C41H44F2N4. The van der Waals surface area contributed by atoms with Gasteiger partial charge in [0.2, 0.25) is 0 Å². The summed E-state index contributed by atoms with van der Waals surface area (Å²) in [5.74, 6) is -1.65. The monoisotopic (exact) mass is 630 g/mol.